The third-order valence-corrected chi connectivity index (χ3v) is 3.91. The molecule has 20 heavy (non-hydrogen) atoms. The Morgan fingerprint density at radius 3 is 3.00 bits per heavy atom. The molecule has 3 rings (SSSR count). The topological polar surface area (TPSA) is 50.3 Å². The van der Waals surface area contributed by atoms with Gasteiger partial charge < -0.3 is 15.0 Å². The van der Waals surface area contributed by atoms with Gasteiger partial charge in [0.25, 0.3) is 0 Å². The minimum atomic E-state index is 0.323. The summed E-state index contributed by atoms with van der Waals surface area (Å²) in [5, 5.41) is 3.63. The second kappa shape index (κ2) is 6.70. The number of allylic oxidation sites excluding steroid dienone is 1. The fourth-order valence-corrected chi connectivity index (χ4v) is 2.81. The first-order valence-corrected chi connectivity index (χ1v) is 7.47. The van der Waals surface area contributed by atoms with E-state index in [1.807, 2.05) is 24.7 Å². The second-order valence-corrected chi connectivity index (χ2v) is 5.45. The Morgan fingerprint density at radius 2 is 2.20 bits per heavy atom. The van der Waals surface area contributed by atoms with Gasteiger partial charge in [0, 0.05) is 38.1 Å². The lowest BCUT2D eigenvalue weighted by Crippen LogP contribution is -2.48. The van der Waals surface area contributed by atoms with Crippen LogP contribution in [-0.4, -0.2) is 41.7 Å². The molecular formula is C15H22N4O. The predicted octanol–water partition coefficient (Wildman–Crippen LogP) is 1.73. The van der Waals surface area contributed by atoms with Crippen LogP contribution in [0.25, 0.3) is 0 Å². The molecule has 1 aromatic rings. The molecule has 1 N–H and O–H groups in total. The smallest absolute Gasteiger partial charge is 0.225 e. The van der Waals surface area contributed by atoms with Crippen LogP contribution in [0, 0.1) is 0 Å². The highest BCUT2D eigenvalue weighted by molar-refractivity contribution is 5.29. The van der Waals surface area contributed by atoms with Crippen LogP contribution in [0.3, 0.4) is 0 Å². The Morgan fingerprint density at radius 1 is 1.30 bits per heavy atom. The van der Waals surface area contributed by atoms with Crippen molar-refractivity contribution in [3.8, 4) is 0 Å². The van der Waals surface area contributed by atoms with Crippen molar-refractivity contribution in [2.24, 2.45) is 0 Å². The van der Waals surface area contributed by atoms with Gasteiger partial charge in [-0.2, -0.15) is 0 Å². The zero-order valence-electron chi connectivity index (χ0n) is 11.7. The quantitative estimate of drug-likeness (QED) is 0.906. The molecule has 0 spiro atoms. The number of hydrogen-bond donors (Lipinski definition) is 1. The Labute approximate surface area is 120 Å². The molecule has 3 heterocycles. The van der Waals surface area contributed by atoms with Gasteiger partial charge in [-0.05, 0) is 37.8 Å². The molecule has 0 amide bonds. The van der Waals surface area contributed by atoms with Crippen molar-refractivity contribution in [3.05, 3.63) is 30.8 Å². The van der Waals surface area contributed by atoms with E-state index >= 15 is 0 Å². The van der Waals surface area contributed by atoms with Crippen LogP contribution in [0.1, 0.15) is 25.7 Å². The molecule has 5 heteroatoms. The molecule has 0 radical (unpaired) electrons. The minimum absolute atomic E-state index is 0.323. The van der Waals surface area contributed by atoms with Gasteiger partial charge in [-0.1, -0.05) is 0 Å². The molecule has 0 bridgehead atoms. The SMILES string of the molecule is C1=COC(CNC2CCCN(c3ncccn3)C2)CC1. The summed E-state index contributed by atoms with van der Waals surface area (Å²) in [6.07, 6.45) is 12.5. The van der Waals surface area contributed by atoms with E-state index < -0.39 is 0 Å². The number of nitrogens with one attached hydrogen (secondary N) is 1. The zero-order chi connectivity index (χ0) is 13.6. The first-order chi connectivity index (χ1) is 9.92. The van der Waals surface area contributed by atoms with Crippen molar-refractivity contribution in [3.63, 3.8) is 0 Å². The molecule has 1 aromatic heterocycles. The predicted molar refractivity (Wildman–Crippen MR) is 78.5 cm³/mol. The third kappa shape index (κ3) is 3.48. The van der Waals surface area contributed by atoms with Gasteiger partial charge in [-0.3, -0.25) is 0 Å². The summed E-state index contributed by atoms with van der Waals surface area (Å²) in [6, 6.07) is 2.36. The summed E-state index contributed by atoms with van der Waals surface area (Å²) in [4.78, 5) is 10.9. The normalized spacial score (nSPS) is 26.3. The van der Waals surface area contributed by atoms with E-state index in [1.54, 1.807) is 0 Å². The van der Waals surface area contributed by atoms with Crippen molar-refractivity contribution in [1.29, 1.82) is 0 Å². The first kappa shape index (κ1) is 13.4. The van der Waals surface area contributed by atoms with Gasteiger partial charge in [0.1, 0.15) is 6.10 Å². The van der Waals surface area contributed by atoms with E-state index in [9.17, 15) is 0 Å². The lowest BCUT2D eigenvalue weighted by molar-refractivity contribution is 0.118. The molecule has 5 nitrogen and oxygen atoms in total. The summed E-state index contributed by atoms with van der Waals surface area (Å²) in [6.45, 7) is 2.95. The molecule has 2 aliphatic heterocycles. The van der Waals surface area contributed by atoms with Crippen LogP contribution < -0.4 is 10.2 Å². The molecule has 0 aliphatic carbocycles. The molecule has 108 valence electrons. The first-order valence-electron chi connectivity index (χ1n) is 7.47. The van der Waals surface area contributed by atoms with Crippen LogP contribution in [-0.2, 0) is 4.74 Å². The summed E-state index contributed by atoms with van der Waals surface area (Å²) < 4.78 is 5.60. The second-order valence-electron chi connectivity index (χ2n) is 5.45. The Kier molecular flexibility index (Phi) is 4.48. The number of anilines is 1. The fourth-order valence-electron chi connectivity index (χ4n) is 2.81. The third-order valence-electron chi connectivity index (χ3n) is 3.91. The van der Waals surface area contributed by atoms with Crippen LogP contribution in [0.15, 0.2) is 30.8 Å². The number of ether oxygens (including phenoxy) is 1. The van der Waals surface area contributed by atoms with E-state index in [0.29, 0.717) is 12.1 Å². The highest BCUT2D eigenvalue weighted by atomic mass is 16.5. The Bertz CT molecular complexity index is 437. The van der Waals surface area contributed by atoms with Crippen LogP contribution in [0.4, 0.5) is 5.95 Å². The largest absolute Gasteiger partial charge is 0.497 e. The van der Waals surface area contributed by atoms with E-state index in [0.717, 1.165) is 38.4 Å². The Balaban J connectivity index is 1.49. The van der Waals surface area contributed by atoms with Crippen LogP contribution in [0.2, 0.25) is 0 Å². The van der Waals surface area contributed by atoms with Gasteiger partial charge in [0.05, 0.1) is 6.26 Å². The summed E-state index contributed by atoms with van der Waals surface area (Å²) in [5.74, 6) is 0.843. The maximum atomic E-state index is 5.60. The molecule has 0 aromatic carbocycles. The lowest BCUT2D eigenvalue weighted by atomic mass is 10.1. The average molecular weight is 274 g/mol. The zero-order valence-corrected chi connectivity index (χ0v) is 11.7. The number of piperidine rings is 1. The van der Waals surface area contributed by atoms with Crippen LogP contribution in [0.5, 0.6) is 0 Å². The maximum Gasteiger partial charge on any atom is 0.225 e. The minimum Gasteiger partial charge on any atom is -0.497 e. The molecule has 2 unspecified atom stereocenters. The van der Waals surface area contributed by atoms with Crippen molar-refractivity contribution >= 4 is 5.95 Å². The molecule has 1 fully saturated rings. The number of hydrogen-bond acceptors (Lipinski definition) is 5. The summed E-state index contributed by atoms with van der Waals surface area (Å²) in [5.41, 5.74) is 0. The Hall–Kier alpha value is -1.62. The van der Waals surface area contributed by atoms with Gasteiger partial charge in [-0.25, -0.2) is 9.97 Å². The standard InChI is InChI=1S/C15H22N4O/c1-2-10-20-14(6-1)11-18-13-5-3-9-19(12-13)15-16-7-4-8-17-15/h2,4,7-8,10,13-14,18H,1,3,5-6,9,11-12H2. The van der Waals surface area contributed by atoms with Crippen molar-refractivity contribution in [2.75, 3.05) is 24.5 Å². The lowest BCUT2D eigenvalue weighted by Gasteiger charge is -2.34. The van der Waals surface area contributed by atoms with Crippen molar-refractivity contribution in [2.45, 2.75) is 37.8 Å². The molecular weight excluding hydrogens is 252 g/mol. The monoisotopic (exact) mass is 274 g/mol. The highest BCUT2D eigenvalue weighted by Crippen LogP contribution is 2.16. The van der Waals surface area contributed by atoms with E-state index in [1.165, 1.54) is 12.8 Å². The van der Waals surface area contributed by atoms with Gasteiger partial charge in [0.2, 0.25) is 5.95 Å². The number of rotatable bonds is 4. The van der Waals surface area contributed by atoms with Gasteiger partial charge >= 0.3 is 0 Å². The van der Waals surface area contributed by atoms with E-state index in [-0.39, 0.29) is 0 Å². The van der Waals surface area contributed by atoms with Crippen molar-refractivity contribution < 1.29 is 4.74 Å². The van der Waals surface area contributed by atoms with Crippen molar-refractivity contribution in [1.82, 2.24) is 15.3 Å². The average Bonchev–Trinajstić information content (AvgIpc) is 2.55. The van der Waals surface area contributed by atoms with E-state index in [4.69, 9.17) is 4.74 Å². The number of nitrogens with zero attached hydrogens (tertiary/aromatic N) is 3. The van der Waals surface area contributed by atoms with Gasteiger partial charge in [-0.15, -0.1) is 0 Å². The summed E-state index contributed by atoms with van der Waals surface area (Å²) in [7, 11) is 0. The van der Waals surface area contributed by atoms with Gasteiger partial charge in [0.15, 0.2) is 0 Å². The number of aromatic nitrogens is 2. The highest BCUT2D eigenvalue weighted by Gasteiger charge is 2.22. The molecule has 2 aliphatic rings. The molecule has 2 atom stereocenters. The fraction of sp³-hybridized carbons (Fsp3) is 0.600. The molecule has 1 saturated heterocycles. The molecule has 0 saturated carbocycles. The summed E-state index contributed by atoms with van der Waals surface area (Å²) >= 11 is 0. The van der Waals surface area contributed by atoms with E-state index in [2.05, 4.69) is 26.3 Å². The van der Waals surface area contributed by atoms with Crippen LogP contribution >= 0.6 is 0 Å². The maximum absolute atomic E-state index is 5.60.